The van der Waals surface area contributed by atoms with Crippen molar-refractivity contribution in [2.45, 2.75) is 6.04 Å². The Morgan fingerprint density at radius 2 is 1.73 bits per heavy atom. The van der Waals surface area contributed by atoms with E-state index in [0.29, 0.717) is 5.69 Å². The molecule has 0 spiro atoms. The number of hydrogen-bond acceptors (Lipinski definition) is 4. The number of esters is 2. The van der Waals surface area contributed by atoms with Gasteiger partial charge in [0.2, 0.25) is 0 Å². The molecule has 2 aromatic rings. The first kappa shape index (κ1) is 15.6. The van der Waals surface area contributed by atoms with Crippen LogP contribution in [-0.2, 0) is 14.3 Å². The van der Waals surface area contributed by atoms with E-state index in [-0.39, 0.29) is 5.57 Å². The standard InChI is InChI=1S/C17H17NO4/c1-12(16(19)21-2)15(13-8-5-4-6-9-13)18-11-7-10-14(18)17(20)22-3/h4-11,15H,1H2,2-3H3/t15-/m1/s1. The molecule has 0 unspecified atom stereocenters. The molecule has 0 saturated carbocycles. The second-order valence-electron chi connectivity index (χ2n) is 4.62. The maximum absolute atomic E-state index is 11.9. The summed E-state index contributed by atoms with van der Waals surface area (Å²) in [7, 11) is 2.61. The molecule has 1 atom stereocenters. The molecule has 5 nitrogen and oxygen atoms in total. The number of nitrogens with zero attached hydrogens (tertiary/aromatic N) is 1. The fourth-order valence-electron chi connectivity index (χ4n) is 2.30. The zero-order valence-electron chi connectivity index (χ0n) is 12.5. The van der Waals surface area contributed by atoms with Crippen LogP contribution in [0.5, 0.6) is 0 Å². The summed E-state index contributed by atoms with van der Waals surface area (Å²) in [5, 5.41) is 0. The number of carbonyl (C=O) groups is 2. The van der Waals surface area contributed by atoms with Crippen LogP contribution >= 0.6 is 0 Å². The van der Waals surface area contributed by atoms with Gasteiger partial charge in [0.25, 0.3) is 0 Å². The third-order valence-corrected chi connectivity index (χ3v) is 3.34. The number of hydrogen-bond donors (Lipinski definition) is 0. The molecule has 2 rings (SSSR count). The lowest BCUT2D eigenvalue weighted by atomic mass is 9.99. The van der Waals surface area contributed by atoms with Gasteiger partial charge in [0.05, 0.1) is 25.8 Å². The minimum absolute atomic E-state index is 0.232. The zero-order chi connectivity index (χ0) is 16.1. The molecule has 1 heterocycles. The van der Waals surface area contributed by atoms with Gasteiger partial charge in [0, 0.05) is 6.20 Å². The van der Waals surface area contributed by atoms with E-state index in [1.54, 1.807) is 22.9 Å². The highest BCUT2D eigenvalue weighted by atomic mass is 16.5. The molecular weight excluding hydrogens is 282 g/mol. The number of aromatic nitrogens is 1. The maximum Gasteiger partial charge on any atom is 0.354 e. The van der Waals surface area contributed by atoms with E-state index in [2.05, 4.69) is 6.58 Å². The zero-order valence-corrected chi connectivity index (χ0v) is 12.5. The molecule has 0 saturated heterocycles. The summed E-state index contributed by atoms with van der Waals surface area (Å²) in [5.74, 6) is -1.01. The topological polar surface area (TPSA) is 57.5 Å². The van der Waals surface area contributed by atoms with Crippen LogP contribution in [-0.4, -0.2) is 30.7 Å². The molecule has 0 fully saturated rings. The van der Waals surface area contributed by atoms with Gasteiger partial charge in [0.15, 0.2) is 0 Å². The van der Waals surface area contributed by atoms with Crippen molar-refractivity contribution in [1.82, 2.24) is 4.57 Å². The SMILES string of the molecule is C=C(C(=O)OC)[C@H](c1ccccc1)n1cccc1C(=O)OC. The second-order valence-corrected chi connectivity index (χ2v) is 4.62. The van der Waals surface area contributed by atoms with Gasteiger partial charge in [-0.25, -0.2) is 9.59 Å². The highest BCUT2D eigenvalue weighted by molar-refractivity contribution is 5.91. The predicted octanol–water partition coefficient (Wildman–Crippen LogP) is 2.59. The summed E-state index contributed by atoms with van der Waals surface area (Å²) in [6.07, 6.45) is 1.71. The second kappa shape index (κ2) is 6.76. The van der Waals surface area contributed by atoms with E-state index in [1.807, 2.05) is 30.3 Å². The molecule has 22 heavy (non-hydrogen) atoms. The lowest BCUT2D eigenvalue weighted by molar-refractivity contribution is -0.136. The highest BCUT2D eigenvalue weighted by Crippen LogP contribution is 2.28. The van der Waals surface area contributed by atoms with E-state index in [4.69, 9.17) is 9.47 Å². The normalized spacial score (nSPS) is 11.5. The first-order valence-corrected chi connectivity index (χ1v) is 6.67. The quantitative estimate of drug-likeness (QED) is 0.629. The van der Waals surface area contributed by atoms with Gasteiger partial charge in [-0.1, -0.05) is 36.9 Å². The van der Waals surface area contributed by atoms with Gasteiger partial charge in [-0.15, -0.1) is 0 Å². The molecule has 0 aliphatic carbocycles. The summed E-state index contributed by atoms with van der Waals surface area (Å²) < 4.78 is 11.2. The summed E-state index contributed by atoms with van der Waals surface area (Å²) in [6.45, 7) is 3.84. The van der Waals surface area contributed by atoms with Gasteiger partial charge in [0.1, 0.15) is 5.69 Å². The average Bonchev–Trinajstić information content (AvgIpc) is 3.03. The van der Waals surface area contributed by atoms with E-state index in [1.165, 1.54) is 14.2 Å². The molecule has 0 N–H and O–H groups in total. The van der Waals surface area contributed by atoms with Crippen molar-refractivity contribution in [2.75, 3.05) is 14.2 Å². The smallest absolute Gasteiger partial charge is 0.354 e. The van der Waals surface area contributed by atoms with Gasteiger partial charge >= 0.3 is 11.9 Å². The minimum Gasteiger partial charge on any atom is -0.466 e. The molecule has 0 radical (unpaired) electrons. The van der Waals surface area contributed by atoms with Crippen molar-refractivity contribution in [3.05, 3.63) is 72.1 Å². The molecule has 0 bridgehead atoms. The molecule has 1 aromatic carbocycles. The number of ether oxygens (including phenoxy) is 2. The molecular formula is C17H17NO4. The third kappa shape index (κ3) is 2.93. The van der Waals surface area contributed by atoms with Gasteiger partial charge < -0.3 is 14.0 Å². The molecule has 0 aliphatic heterocycles. The van der Waals surface area contributed by atoms with Crippen LogP contribution < -0.4 is 0 Å². The monoisotopic (exact) mass is 299 g/mol. The van der Waals surface area contributed by atoms with E-state index >= 15 is 0 Å². The average molecular weight is 299 g/mol. The van der Waals surface area contributed by atoms with Crippen molar-refractivity contribution in [3.8, 4) is 0 Å². The highest BCUT2D eigenvalue weighted by Gasteiger charge is 2.26. The van der Waals surface area contributed by atoms with Crippen molar-refractivity contribution in [2.24, 2.45) is 0 Å². The number of rotatable bonds is 5. The summed E-state index contributed by atoms with van der Waals surface area (Å²) in [4.78, 5) is 23.8. The van der Waals surface area contributed by atoms with E-state index in [9.17, 15) is 9.59 Å². The van der Waals surface area contributed by atoms with Crippen molar-refractivity contribution < 1.29 is 19.1 Å². The fourth-order valence-corrected chi connectivity index (χ4v) is 2.30. The van der Waals surface area contributed by atoms with E-state index in [0.717, 1.165) is 5.56 Å². The minimum atomic E-state index is -0.544. The van der Waals surface area contributed by atoms with Crippen molar-refractivity contribution in [1.29, 1.82) is 0 Å². The lowest BCUT2D eigenvalue weighted by Gasteiger charge is -2.22. The van der Waals surface area contributed by atoms with Crippen LogP contribution in [0.1, 0.15) is 22.1 Å². The first-order chi connectivity index (χ1) is 10.6. The van der Waals surface area contributed by atoms with Gasteiger partial charge in [-0.05, 0) is 17.7 Å². The number of carbonyl (C=O) groups excluding carboxylic acids is 2. The van der Waals surface area contributed by atoms with Crippen LogP contribution in [0.25, 0.3) is 0 Å². The third-order valence-electron chi connectivity index (χ3n) is 3.34. The Bertz CT molecular complexity index is 688. The molecule has 1 aromatic heterocycles. The van der Waals surface area contributed by atoms with Crippen LogP contribution in [0, 0.1) is 0 Å². The van der Waals surface area contributed by atoms with Crippen molar-refractivity contribution in [3.63, 3.8) is 0 Å². The van der Waals surface area contributed by atoms with Gasteiger partial charge in [-0.2, -0.15) is 0 Å². The van der Waals surface area contributed by atoms with Crippen LogP contribution in [0.4, 0.5) is 0 Å². The Morgan fingerprint density at radius 3 is 2.32 bits per heavy atom. The number of benzene rings is 1. The Labute approximate surface area is 128 Å². The summed E-state index contributed by atoms with van der Waals surface area (Å²) in [5.41, 5.74) is 1.38. The summed E-state index contributed by atoms with van der Waals surface area (Å²) in [6, 6.07) is 12.1. The lowest BCUT2D eigenvalue weighted by Crippen LogP contribution is -2.22. The maximum atomic E-state index is 11.9. The molecule has 0 aliphatic rings. The first-order valence-electron chi connectivity index (χ1n) is 6.67. The van der Waals surface area contributed by atoms with Crippen LogP contribution in [0.15, 0.2) is 60.8 Å². The van der Waals surface area contributed by atoms with Crippen LogP contribution in [0.3, 0.4) is 0 Å². The Morgan fingerprint density at radius 1 is 1.05 bits per heavy atom. The van der Waals surface area contributed by atoms with Crippen LogP contribution in [0.2, 0.25) is 0 Å². The largest absolute Gasteiger partial charge is 0.466 e. The fraction of sp³-hybridized carbons (Fsp3) is 0.176. The van der Waals surface area contributed by atoms with Gasteiger partial charge in [-0.3, -0.25) is 0 Å². The summed E-state index contributed by atoms with van der Waals surface area (Å²) >= 11 is 0. The molecule has 114 valence electrons. The van der Waals surface area contributed by atoms with E-state index < -0.39 is 18.0 Å². The Balaban J connectivity index is 2.55. The Hall–Kier alpha value is -2.82. The Kier molecular flexibility index (Phi) is 4.78. The number of methoxy groups -OCH3 is 2. The predicted molar refractivity (Wildman–Crippen MR) is 81.5 cm³/mol. The van der Waals surface area contributed by atoms with Crippen molar-refractivity contribution >= 4 is 11.9 Å². The molecule has 5 heteroatoms. The molecule has 0 amide bonds.